The van der Waals surface area contributed by atoms with Gasteiger partial charge in [-0.15, -0.1) is 0 Å². The molecule has 0 saturated heterocycles. The van der Waals surface area contributed by atoms with Gasteiger partial charge in [0.15, 0.2) is 0 Å². The average Bonchev–Trinajstić information content (AvgIpc) is 2.67. The van der Waals surface area contributed by atoms with Gasteiger partial charge in [-0.3, -0.25) is 4.98 Å². The molecular formula is C17H22BrN3. The number of nitrogens with two attached hydrogens (primary N) is 1. The maximum Gasteiger partial charge on any atom is 0.0954 e. The number of fused-ring (bicyclic) bond motifs is 1. The number of hydrogen-bond acceptors (Lipinski definition) is 3. The average molecular weight is 348 g/mol. The summed E-state index contributed by atoms with van der Waals surface area (Å²) >= 11 is 3.47. The van der Waals surface area contributed by atoms with Crippen LogP contribution in [0.3, 0.4) is 0 Å². The summed E-state index contributed by atoms with van der Waals surface area (Å²) in [4.78, 5) is 4.57. The van der Waals surface area contributed by atoms with Crippen LogP contribution in [-0.2, 0) is 0 Å². The van der Waals surface area contributed by atoms with E-state index in [1.54, 1.807) is 0 Å². The Balaban J connectivity index is 1.95. The molecule has 0 bridgehead atoms. The van der Waals surface area contributed by atoms with Crippen LogP contribution in [0.25, 0.3) is 10.9 Å². The van der Waals surface area contributed by atoms with Crippen molar-refractivity contribution < 1.29 is 0 Å². The summed E-state index contributed by atoms with van der Waals surface area (Å²) in [5.41, 5.74) is 8.94. The summed E-state index contributed by atoms with van der Waals surface area (Å²) in [6.07, 6.45) is 8.41. The van der Waals surface area contributed by atoms with Crippen molar-refractivity contribution in [2.45, 2.75) is 45.1 Å². The van der Waals surface area contributed by atoms with Crippen molar-refractivity contribution in [3.8, 4) is 0 Å². The third-order valence-corrected chi connectivity index (χ3v) is 4.99. The van der Waals surface area contributed by atoms with Gasteiger partial charge in [-0.25, -0.2) is 0 Å². The van der Waals surface area contributed by atoms with E-state index in [-0.39, 0.29) is 0 Å². The normalized spacial score (nSPS) is 23.0. The first-order chi connectivity index (χ1) is 10.1. The molecule has 2 aromatic rings. The highest BCUT2D eigenvalue weighted by atomic mass is 79.9. The lowest BCUT2D eigenvalue weighted by Gasteiger charge is -2.24. The first-order valence-corrected chi connectivity index (χ1v) is 8.55. The predicted octanol–water partition coefficient (Wildman–Crippen LogP) is 4.96. The smallest absolute Gasteiger partial charge is 0.0954 e. The zero-order valence-electron chi connectivity index (χ0n) is 12.4. The maximum absolute atomic E-state index is 6.09. The molecule has 112 valence electrons. The second-order valence-corrected chi connectivity index (χ2v) is 7.03. The van der Waals surface area contributed by atoms with Crippen LogP contribution >= 0.6 is 15.9 Å². The fraction of sp³-hybridized carbons (Fsp3) is 0.471. The maximum atomic E-state index is 6.09. The zero-order valence-corrected chi connectivity index (χ0v) is 14.0. The SMILES string of the molecule is CC1CCCCCC1Nc1ccc(N)c2cc(Br)cnc12. The van der Waals surface area contributed by atoms with Gasteiger partial charge in [0.1, 0.15) is 0 Å². The molecule has 0 spiro atoms. The molecule has 21 heavy (non-hydrogen) atoms. The monoisotopic (exact) mass is 347 g/mol. The number of rotatable bonds is 2. The van der Waals surface area contributed by atoms with Gasteiger partial charge in [-0.2, -0.15) is 0 Å². The fourth-order valence-corrected chi connectivity index (χ4v) is 3.57. The molecule has 1 aromatic heterocycles. The minimum absolute atomic E-state index is 0.532. The Morgan fingerprint density at radius 3 is 2.90 bits per heavy atom. The van der Waals surface area contributed by atoms with Gasteiger partial charge in [0.2, 0.25) is 0 Å². The fourth-order valence-electron chi connectivity index (χ4n) is 3.24. The molecule has 0 amide bonds. The highest BCUT2D eigenvalue weighted by Gasteiger charge is 2.20. The number of nitrogens with zero attached hydrogens (tertiary/aromatic N) is 1. The molecule has 2 unspecified atom stereocenters. The van der Waals surface area contributed by atoms with Crippen LogP contribution in [0.4, 0.5) is 11.4 Å². The third-order valence-electron chi connectivity index (χ3n) is 4.55. The van der Waals surface area contributed by atoms with Crippen LogP contribution in [0, 0.1) is 5.92 Å². The van der Waals surface area contributed by atoms with Gasteiger partial charge in [0.25, 0.3) is 0 Å². The Morgan fingerprint density at radius 1 is 1.24 bits per heavy atom. The molecule has 2 atom stereocenters. The molecule has 1 aliphatic carbocycles. The molecule has 3 N–H and O–H groups in total. The van der Waals surface area contributed by atoms with Crippen molar-refractivity contribution in [3.05, 3.63) is 28.9 Å². The summed E-state index contributed by atoms with van der Waals surface area (Å²) < 4.78 is 0.960. The minimum Gasteiger partial charge on any atom is -0.398 e. The second-order valence-electron chi connectivity index (χ2n) is 6.12. The molecule has 1 aromatic carbocycles. The van der Waals surface area contributed by atoms with Gasteiger partial charge >= 0.3 is 0 Å². The summed E-state index contributed by atoms with van der Waals surface area (Å²) in [6, 6.07) is 6.61. The predicted molar refractivity (Wildman–Crippen MR) is 93.5 cm³/mol. The van der Waals surface area contributed by atoms with E-state index in [1.165, 1.54) is 32.1 Å². The van der Waals surface area contributed by atoms with E-state index < -0.39 is 0 Å². The largest absolute Gasteiger partial charge is 0.398 e. The molecule has 1 aliphatic rings. The highest BCUT2D eigenvalue weighted by Crippen LogP contribution is 2.32. The summed E-state index contributed by atoms with van der Waals surface area (Å²) in [5, 5.41) is 4.74. The number of pyridine rings is 1. The van der Waals surface area contributed by atoms with Crippen LogP contribution in [-0.4, -0.2) is 11.0 Å². The number of hydrogen-bond donors (Lipinski definition) is 2. The third kappa shape index (κ3) is 3.15. The quantitative estimate of drug-likeness (QED) is 0.596. The number of anilines is 2. The second kappa shape index (κ2) is 6.22. The van der Waals surface area contributed by atoms with Crippen molar-refractivity contribution in [2.75, 3.05) is 11.1 Å². The van der Waals surface area contributed by atoms with Crippen molar-refractivity contribution >= 4 is 38.2 Å². The van der Waals surface area contributed by atoms with Gasteiger partial charge in [-0.1, -0.05) is 26.2 Å². The first-order valence-electron chi connectivity index (χ1n) is 7.75. The molecule has 1 fully saturated rings. The van der Waals surface area contributed by atoms with Crippen LogP contribution < -0.4 is 11.1 Å². The molecule has 3 nitrogen and oxygen atoms in total. The van der Waals surface area contributed by atoms with E-state index in [1.807, 2.05) is 18.3 Å². The van der Waals surface area contributed by atoms with E-state index in [4.69, 9.17) is 5.73 Å². The molecule has 3 rings (SSSR count). The van der Waals surface area contributed by atoms with Gasteiger partial charge < -0.3 is 11.1 Å². The summed E-state index contributed by atoms with van der Waals surface area (Å²) in [6.45, 7) is 2.35. The Hall–Kier alpha value is -1.29. The Morgan fingerprint density at radius 2 is 2.05 bits per heavy atom. The number of benzene rings is 1. The first kappa shape index (κ1) is 14.6. The Bertz CT molecular complexity index is 641. The topological polar surface area (TPSA) is 50.9 Å². The van der Waals surface area contributed by atoms with Crippen molar-refractivity contribution in [3.63, 3.8) is 0 Å². The standard InChI is InChI=1S/C17H22BrN3/c1-11-5-3-2-4-6-15(11)21-16-8-7-14(19)13-9-12(18)10-20-17(13)16/h7-11,15,21H,2-6,19H2,1H3. The Labute approximate surface area is 134 Å². The lowest BCUT2D eigenvalue weighted by molar-refractivity contribution is 0.457. The molecule has 0 aliphatic heterocycles. The van der Waals surface area contributed by atoms with E-state index in [0.717, 1.165) is 26.8 Å². The highest BCUT2D eigenvalue weighted by molar-refractivity contribution is 9.10. The van der Waals surface area contributed by atoms with Crippen LogP contribution in [0.2, 0.25) is 0 Å². The Kier molecular flexibility index (Phi) is 4.34. The van der Waals surface area contributed by atoms with Crippen molar-refractivity contribution in [2.24, 2.45) is 5.92 Å². The lowest BCUT2D eigenvalue weighted by Crippen LogP contribution is -2.26. The lowest BCUT2D eigenvalue weighted by atomic mass is 9.96. The van der Waals surface area contributed by atoms with E-state index in [9.17, 15) is 0 Å². The van der Waals surface area contributed by atoms with E-state index in [2.05, 4.69) is 39.2 Å². The van der Waals surface area contributed by atoms with Crippen LogP contribution in [0.15, 0.2) is 28.9 Å². The zero-order chi connectivity index (χ0) is 14.8. The van der Waals surface area contributed by atoms with Crippen LogP contribution in [0.1, 0.15) is 39.0 Å². The summed E-state index contributed by atoms with van der Waals surface area (Å²) in [5.74, 6) is 0.704. The molecule has 4 heteroatoms. The molecule has 1 saturated carbocycles. The number of halogens is 1. The molecule has 0 radical (unpaired) electrons. The number of nitrogens with one attached hydrogen (secondary N) is 1. The number of nitrogen functional groups attached to an aromatic ring is 1. The number of aromatic nitrogens is 1. The summed E-state index contributed by atoms with van der Waals surface area (Å²) in [7, 11) is 0. The van der Waals surface area contributed by atoms with Gasteiger partial charge in [0, 0.05) is 27.8 Å². The van der Waals surface area contributed by atoms with E-state index in [0.29, 0.717) is 12.0 Å². The van der Waals surface area contributed by atoms with Gasteiger partial charge in [-0.05, 0) is 52.9 Å². The molecule has 1 heterocycles. The van der Waals surface area contributed by atoms with Crippen molar-refractivity contribution in [1.29, 1.82) is 0 Å². The van der Waals surface area contributed by atoms with E-state index >= 15 is 0 Å². The minimum atomic E-state index is 0.532. The van der Waals surface area contributed by atoms with Crippen molar-refractivity contribution in [1.82, 2.24) is 4.98 Å². The van der Waals surface area contributed by atoms with Crippen LogP contribution in [0.5, 0.6) is 0 Å². The van der Waals surface area contributed by atoms with Gasteiger partial charge in [0.05, 0.1) is 11.2 Å². The molecular weight excluding hydrogens is 326 g/mol.